The second-order valence-corrected chi connectivity index (χ2v) is 5.09. The molecule has 3 heteroatoms. The molecule has 0 radical (unpaired) electrons. The highest BCUT2D eigenvalue weighted by Crippen LogP contribution is 2.26. The van der Waals surface area contributed by atoms with E-state index >= 15 is 0 Å². The second kappa shape index (κ2) is 6.63. The van der Waals surface area contributed by atoms with Crippen molar-refractivity contribution >= 4 is 9.76 Å². The Balaban J connectivity index is 1.91. The number of rotatable bonds is 5. The van der Waals surface area contributed by atoms with Crippen LogP contribution in [0.15, 0.2) is 0 Å². The number of hydrogen-bond donors (Lipinski definition) is 1. The largest absolute Gasteiger partial charge is 0.412 e. The Hall–Kier alpha value is 0.137. The smallest absolute Gasteiger partial charge is 0.163 e. The molecule has 0 amide bonds. The molecule has 0 atom stereocenters. The molecular weight excluding hydrogens is 166 g/mol. The summed E-state index contributed by atoms with van der Waals surface area (Å²) >= 11 is 0. The predicted molar refractivity (Wildman–Crippen MR) is 54.9 cm³/mol. The van der Waals surface area contributed by atoms with Gasteiger partial charge in [-0.15, -0.1) is 0 Å². The molecule has 1 aliphatic carbocycles. The summed E-state index contributed by atoms with van der Waals surface area (Å²) in [5, 5.41) is 3.02. The molecule has 0 spiro atoms. The molecule has 12 heavy (non-hydrogen) atoms. The van der Waals surface area contributed by atoms with E-state index in [1.165, 1.54) is 38.1 Å². The summed E-state index contributed by atoms with van der Waals surface area (Å²) in [7, 11) is 1.73. The van der Waals surface area contributed by atoms with Gasteiger partial charge in [-0.3, -0.25) is 5.32 Å². The molecule has 1 aliphatic rings. The number of nitrogens with one attached hydrogen (secondary N) is 1. The Labute approximate surface area is 78.0 Å². The van der Waals surface area contributed by atoms with Crippen LogP contribution in [-0.2, 0) is 4.43 Å². The second-order valence-electron chi connectivity index (χ2n) is 3.70. The van der Waals surface area contributed by atoms with Gasteiger partial charge >= 0.3 is 0 Å². The zero-order valence-electron chi connectivity index (χ0n) is 8.14. The van der Waals surface area contributed by atoms with Gasteiger partial charge in [-0.1, -0.05) is 32.1 Å². The summed E-state index contributed by atoms with van der Waals surface area (Å²) in [6, 6.07) is 1.40. The first-order valence-corrected chi connectivity index (χ1v) is 6.73. The maximum absolute atomic E-state index is 5.51. The standard InChI is InChI=1S/C9H21NOSi/c1-10-8-11-12-7-9-5-3-2-4-6-9/h9-10H,2-8,12H2,1H3. The highest BCUT2D eigenvalue weighted by Gasteiger charge is 2.12. The molecule has 0 bridgehead atoms. The van der Waals surface area contributed by atoms with Gasteiger partial charge in [-0.2, -0.15) is 0 Å². The average Bonchev–Trinajstić information content (AvgIpc) is 2.14. The van der Waals surface area contributed by atoms with Gasteiger partial charge in [0.15, 0.2) is 9.76 Å². The minimum Gasteiger partial charge on any atom is -0.412 e. The zero-order chi connectivity index (χ0) is 8.65. The van der Waals surface area contributed by atoms with Crippen molar-refractivity contribution in [2.24, 2.45) is 5.92 Å². The van der Waals surface area contributed by atoms with Crippen LogP contribution >= 0.6 is 0 Å². The van der Waals surface area contributed by atoms with Crippen LogP contribution in [0.4, 0.5) is 0 Å². The molecule has 72 valence electrons. The first-order valence-electron chi connectivity index (χ1n) is 5.16. The van der Waals surface area contributed by atoms with E-state index < -0.39 is 0 Å². The summed E-state index contributed by atoms with van der Waals surface area (Å²) in [5.41, 5.74) is 0. The molecule has 0 aromatic rings. The van der Waals surface area contributed by atoms with Gasteiger partial charge in [0.25, 0.3) is 0 Å². The first-order chi connectivity index (χ1) is 5.93. The van der Waals surface area contributed by atoms with Crippen molar-refractivity contribution in [3.63, 3.8) is 0 Å². The summed E-state index contributed by atoms with van der Waals surface area (Å²) in [6.07, 6.45) is 7.33. The summed E-state index contributed by atoms with van der Waals surface area (Å²) in [4.78, 5) is 0. The molecule has 1 N–H and O–H groups in total. The summed E-state index contributed by atoms with van der Waals surface area (Å²) in [6.45, 7) is 0.763. The Morgan fingerprint density at radius 3 is 2.75 bits per heavy atom. The van der Waals surface area contributed by atoms with Crippen LogP contribution in [0, 0.1) is 5.92 Å². The number of hydrogen-bond acceptors (Lipinski definition) is 2. The van der Waals surface area contributed by atoms with Gasteiger partial charge in [0.2, 0.25) is 0 Å². The first kappa shape index (κ1) is 10.2. The van der Waals surface area contributed by atoms with Crippen molar-refractivity contribution in [1.82, 2.24) is 5.32 Å². The average molecular weight is 187 g/mol. The van der Waals surface area contributed by atoms with E-state index in [2.05, 4.69) is 5.32 Å². The lowest BCUT2D eigenvalue weighted by molar-refractivity contribution is 0.299. The van der Waals surface area contributed by atoms with Crippen molar-refractivity contribution in [3.05, 3.63) is 0 Å². The predicted octanol–water partition coefficient (Wildman–Crippen LogP) is 1.26. The highest BCUT2D eigenvalue weighted by atomic mass is 28.2. The lowest BCUT2D eigenvalue weighted by atomic mass is 9.91. The van der Waals surface area contributed by atoms with Crippen molar-refractivity contribution in [3.8, 4) is 0 Å². The molecule has 0 aliphatic heterocycles. The van der Waals surface area contributed by atoms with Gasteiger partial charge in [0.1, 0.15) is 0 Å². The van der Waals surface area contributed by atoms with E-state index in [1.54, 1.807) is 0 Å². The van der Waals surface area contributed by atoms with E-state index in [-0.39, 0.29) is 9.76 Å². The van der Waals surface area contributed by atoms with Crippen molar-refractivity contribution in [2.75, 3.05) is 13.8 Å². The summed E-state index contributed by atoms with van der Waals surface area (Å²) in [5.74, 6) is 1.02. The maximum atomic E-state index is 5.51. The van der Waals surface area contributed by atoms with Crippen LogP contribution in [0.2, 0.25) is 6.04 Å². The molecule has 0 saturated heterocycles. The van der Waals surface area contributed by atoms with Crippen molar-refractivity contribution in [2.45, 2.75) is 38.1 Å². The molecule has 1 saturated carbocycles. The molecule has 1 rings (SSSR count). The highest BCUT2D eigenvalue weighted by molar-refractivity contribution is 6.27. The third-order valence-electron chi connectivity index (χ3n) is 2.64. The SMILES string of the molecule is CNCO[SiH2]CC1CCCCC1. The maximum Gasteiger partial charge on any atom is 0.163 e. The van der Waals surface area contributed by atoms with Gasteiger partial charge in [-0.05, 0) is 19.0 Å². The van der Waals surface area contributed by atoms with Crippen molar-refractivity contribution < 1.29 is 4.43 Å². The van der Waals surface area contributed by atoms with E-state index in [9.17, 15) is 0 Å². The Bertz CT molecular complexity index is 105. The molecule has 0 aromatic carbocycles. The zero-order valence-corrected chi connectivity index (χ0v) is 9.56. The van der Waals surface area contributed by atoms with Gasteiger partial charge in [-0.25, -0.2) is 0 Å². The van der Waals surface area contributed by atoms with Gasteiger partial charge in [0.05, 0.1) is 6.73 Å². The normalized spacial score (nSPS) is 20.8. The van der Waals surface area contributed by atoms with Crippen molar-refractivity contribution in [1.29, 1.82) is 0 Å². The minimum absolute atomic E-state index is 0.207. The molecule has 0 unspecified atom stereocenters. The van der Waals surface area contributed by atoms with E-state index in [0.717, 1.165) is 12.6 Å². The van der Waals surface area contributed by atoms with Crippen LogP contribution in [0.1, 0.15) is 32.1 Å². The third-order valence-corrected chi connectivity index (χ3v) is 4.19. The molecule has 0 heterocycles. The fraction of sp³-hybridized carbons (Fsp3) is 1.00. The molecule has 0 aromatic heterocycles. The van der Waals surface area contributed by atoms with Gasteiger partial charge in [0, 0.05) is 0 Å². The molecular formula is C9H21NOSi. The minimum atomic E-state index is -0.207. The van der Waals surface area contributed by atoms with Crippen LogP contribution in [-0.4, -0.2) is 23.5 Å². The third kappa shape index (κ3) is 4.23. The fourth-order valence-corrected chi connectivity index (χ4v) is 3.33. The van der Waals surface area contributed by atoms with Gasteiger partial charge < -0.3 is 4.43 Å². The van der Waals surface area contributed by atoms with E-state index in [0.29, 0.717) is 0 Å². The Morgan fingerprint density at radius 2 is 2.08 bits per heavy atom. The van der Waals surface area contributed by atoms with Crippen LogP contribution in [0.5, 0.6) is 0 Å². The molecule has 1 fully saturated rings. The molecule has 2 nitrogen and oxygen atoms in total. The van der Waals surface area contributed by atoms with E-state index in [4.69, 9.17) is 4.43 Å². The monoisotopic (exact) mass is 187 g/mol. The topological polar surface area (TPSA) is 21.3 Å². The Morgan fingerprint density at radius 1 is 1.33 bits per heavy atom. The quantitative estimate of drug-likeness (QED) is 0.397. The van der Waals surface area contributed by atoms with Crippen LogP contribution in [0.3, 0.4) is 0 Å². The Kier molecular flexibility index (Phi) is 5.65. The van der Waals surface area contributed by atoms with Crippen LogP contribution < -0.4 is 5.32 Å². The van der Waals surface area contributed by atoms with Crippen LogP contribution in [0.25, 0.3) is 0 Å². The summed E-state index contributed by atoms with van der Waals surface area (Å²) < 4.78 is 5.51. The fourth-order valence-electron chi connectivity index (χ4n) is 1.90. The lowest BCUT2D eigenvalue weighted by Gasteiger charge is -2.20. The lowest BCUT2D eigenvalue weighted by Crippen LogP contribution is -2.16. The van der Waals surface area contributed by atoms with E-state index in [1.807, 2.05) is 7.05 Å².